The quantitative estimate of drug-likeness (QED) is 0.307. The van der Waals surface area contributed by atoms with E-state index in [0.717, 1.165) is 0 Å². The Morgan fingerprint density at radius 1 is 1.22 bits per heavy atom. The van der Waals surface area contributed by atoms with E-state index in [1.54, 1.807) is 30.3 Å². The SMILES string of the molecule is O=S(=O)(O)O.O=S([O-])C(CO)c1ccccc1.[Na+]. The van der Waals surface area contributed by atoms with E-state index >= 15 is 0 Å². The summed E-state index contributed by atoms with van der Waals surface area (Å²) in [4.78, 5) is 0. The molecule has 0 bridgehead atoms. The van der Waals surface area contributed by atoms with E-state index < -0.39 is 26.7 Å². The van der Waals surface area contributed by atoms with E-state index in [2.05, 4.69) is 0 Å². The molecule has 0 aliphatic heterocycles. The van der Waals surface area contributed by atoms with Crippen LogP contribution in [0.4, 0.5) is 0 Å². The third-order valence-electron chi connectivity index (χ3n) is 1.57. The fraction of sp³-hybridized carbons (Fsp3) is 0.250. The fourth-order valence-electron chi connectivity index (χ4n) is 0.945. The van der Waals surface area contributed by atoms with Gasteiger partial charge in [-0.05, 0) is 16.6 Å². The zero-order valence-electron chi connectivity index (χ0n) is 9.46. The van der Waals surface area contributed by atoms with Gasteiger partial charge in [0, 0.05) is 0 Å². The summed E-state index contributed by atoms with van der Waals surface area (Å²) >= 11 is -2.25. The maximum absolute atomic E-state index is 10.6. The van der Waals surface area contributed by atoms with Gasteiger partial charge >= 0.3 is 40.0 Å². The molecular weight excluding hydrogens is 295 g/mol. The average Bonchev–Trinajstić information content (AvgIpc) is 2.17. The van der Waals surface area contributed by atoms with Gasteiger partial charge in [0.25, 0.3) is 0 Å². The van der Waals surface area contributed by atoms with Crippen molar-refractivity contribution < 1.29 is 60.9 Å². The van der Waals surface area contributed by atoms with Crippen molar-refractivity contribution in [1.29, 1.82) is 0 Å². The van der Waals surface area contributed by atoms with Gasteiger partial charge in [-0.3, -0.25) is 13.3 Å². The van der Waals surface area contributed by atoms with Gasteiger partial charge in [-0.2, -0.15) is 8.42 Å². The molecule has 0 aliphatic carbocycles. The Bertz CT molecular complexity index is 440. The zero-order valence-corrected chi connectivity index (χ0v) is 13.1. The van der Waals surface area contributed by atoms with Crippen LogP contribution < -0.4 is 29.6 Å². The zero-order chi connectivity index (χ0) is 13.5. The molecule has 1 aromatic rings. The molecule has 0 heterocycles. The number of hydrogen-bond acceptors (Lipinski definition) is 5. The average molecular weight is 306 g/mol. The van der Waals surface area contributed by atoms with Crippen LogP contribution in [0.5, 0.6) is 0 Å². The third kappa shape index (κ3) is 11.3. The van der Waals surface area contributed by atoms with Crippen molar-refractivity contribution in [2.45, 2.75) is 5.25 Å². The molecule has 0 radical (unpaired) electrons. The van der Waals surface area contributed by atoms with Crippen LogP contribution in [0.25, 0.3) is 0 Å². The molecule has 0 aromatic heterocycles. The topological polar surface area (TPSA) is 135 Å². The molecule has 2 atom stereocenters. The smallest absolute Gasteiger partial charge is 0.772 e. The summed E-state index contributed by atoms with van der Waals surface area (Å²) in [6.45, 7) is -0.375. The normalized spacial score (nSPS) is 13.6. The summed E-state index contributed by atoms with van der Waals surface area (Å²) in [7, 11) is -4.67. The van der Waals surface area contributed by atoms with Crippen molar-refractivity contribution in [3.05, 3.63) is 35.9 Å². The molecule has 7 nitrogen and oxygen atoms in total. The Hall–Kier alpha value is 0.160. The van der Waals surface area contributed by atoms with E-state index in [1.165, 1.54) is 0 Å². The predicted molar refractivity (Wildman–Crippen MR) is 59.4 cm³/mol. The van der Waals surface area contributed by atoms with Crippen LogP contribution >= 0.6 is 0 Å². The van der Waals surface area contributed by atoms with Crippen LogP contribution in [0, 0.1) is 0 Å². The van der Waals surface area contributed by atoms with E-state index in [9.17, 15) is 8.76 Å². The molecule has 0 spiro atoms. The number of aliphatic hydroxyl groups is 1. The Balaban J connectivity index is 0. The molecule has 0 aliphatic rings. The Labute approximate surface area is 129 Å². The molecule has 0 fully saturated rings. The summed E-state index contributed by atoms with van der Waals surface area (Å²) in [5, 5.41) is 7.96. The minimum absolute atomic E-state index is 0. The van der Waals surface area contributed by atoms with Crippen LogP contribution in [0.2, 0.25) is 0 Å². The molecule has 0 amide bonds. The first-order valence-electron chi connectivity index (χ1n) is 4.19. The number of benzene rings is 1. The van der Waals surface area contributed by atoms with Crippen molar-refractivity contribution in [3.8, 4) is 0 Å². The van der Waals surface area contributed by atoms with Crippen LogP contribution in [-0.2, 0) is 21.5 Å². The minimum atomic E-state index is -4.67. The van der Waals surface area contributed by atoms with Gasteiger partial charge in [-0.25, -0.2) is 0 Å². The van der Waals surface area contributed by atoms with Crippen molar-refractivity contribution in [2.75, 3.05) is 6.61 Å². The van der Waals surface area contributed by atoms with Gasteiger partial charge < -0.3 is 9.66 Å². The second kappa shape index (κ2) is 10.0. The first-order valence-corrected chi connectivity index (χ1v) is 6.73. The van der Waals surface area contributed by atoms with Gasteiger partial charge in [-0.15, -0.1) is 0 Å². The molecule has 1 aromatic carbocycles. The van der Waals surface area contributed by atoms with Crippen LogP contribution in [0.1, 0.15) is 10.8 Å². The van der Waals surface area contributed by atoms with Crippen molar-refractivity contribution >= 4 is 21.5 Å². The largest absolute Gasteiger partial charge is 1.00 e. The number of rotatable bonds is 3. The summed E-state index contributed by atoms with van der Waals surface area (Å²) in [5.74, 6) is 0. The molecule has 0 saturated carbocycles. The van der Waals surface area contributed by atoms with E-state index in [0.29, 0.717) is 5.56 Å². The second-order valence-electron chi connectivity index (χ2n) is 2.79. The summed E-state index contributed by atoms with van der Waals surface area (Å²) in [5.41, 5.74) is 0.619. The number of hydrogen-bond donors (Lipinski definition) is 3. The Kier molecular flexibility index (Phi) is 11.4. The third-order valence-corrected chi connectivity index (χ3v) is 2.46. The first kappa shape index (κ1) is 20.5. The van der Waals surface area contributed by atoms with E-state index in [1.807, 2.05) is 0 Å². The second-order valence-corrected chi connectivity index (χ2v) is 4.78. The molecular formula is C8H11NaO7S2. The standard InChI is InChI=1S/C8H10O3S.Na.H2O4S/c9-6-8(12(10)11)7-4-2-1-3-5-7;;1-5(2,3)4/h1-5,8-9H,6H2,(H,10,11);;(H2,1,2,3,4)/q;+1;/p-1. The van der Waals surface area contributed by atoms with Gasteiger partial charge in [-0.1, -0.05) is 30.3 Å². The number of aliphatic hydroxyl groups excluding tert-OH is 1. The summed E-state index contributed by atoms with van der Waals surface area (Å²) < 4.78 is 52.7. The van der Waals surface area contributed by atoms with Crippen molar-refractivity contribution in [3.63, 3.8) is 0 Å². The van der Waals surface area contributed by atoms with Crippen LogP contribution in [-0.4, -0.2) is 38.0 Å². The van der Waals surface area contributed by atoms with Crippen LogP contribution in [0.3, 0.4) is 0 Å². The Morgan fingerprint density at radius 3 is 1.89 bits per heavy atom. The molecule has 2 unspecified atom stereocenters. The van der Waals surface area contributed by atoms with Gasteiger partial charge in [0.15, 0.2) is 0 Å². The summed E-state index contributed by atoms with van der Waals surface area (Å²) in [6.07, 6.45) is 0. The van der Waals surface area contributed by atoms with Crippen molar-refractivity contribution in [2.24, 2.45) is 0 Å². The molecule has 10 heteroatoms. The fourth-order valence-corrected chi connectivity index (χ4v) is 1.45. The molecule has 3 N–H and O–H groups in total. The monoisotopic (exact) mass is 306 g/mol. The van der Waals surface area contributed by atoms with Gasteiger partial charge in [0.05, 0.1) is 11.9 Å². The summed E-state index contributed by atoms with van der Waals surface area (Å²) in [6, 6.07) is 8.63. The molecule has 98 valence electrons. The maximum atomic E-state index is 10.6. The minimum Gasteiger partial charge on any atom is -0.772 e. The predicted octanol–water partition coefficient (Wildman–Crippen LogP) is -3.05. The molecule has 1 rings (SSSR count). The van der Waals surface area contributed by atoms with Crippen LogP contribution in [0.15, 0.2) is 30.3 Å². The Morgan fingerprint density at radius 2 is 1.61 bits per heavy atom. The maximum Gasteiger partial charge on any atom is 1.00 e. The van der Waals surface area contributed by atoms with Gasteiger partial charge in [0.2, 0.25) is 0 Å². The van der Waals surface area contributed by atoms with Gasteiger partial charge in [0.1, 0.15) is 0 Å². The molecule has 0 saturated heterocycles. The van der Waals surface area contributed by atoms with Crippen molar-refractivity contribution in [1.82, 2.24) is 0 Å². The first-order chi connectivity index (χ1) is 7.75. The van der Waals surface area contributed by atoms with E-state index in [4.69, 9.17) is 22.6 Å². The van der Waals surface area contributed by atoms with E-state index in [-0.39, 0.29) is 36.2 Å². The molecule has 18 heavy (non-hydrogen) atoms.